The van der Waals surface area contributed by atoms with E-state index >= 15 is 0 Å². The summed E-state index contributed by atoms with van der Waals surface area (Å²) in [6, 6.07) is -0.790. The summed E-state index contributed by atoms with van der Waals surface area (Å²) in [5, 5.41) is 8.80. The van der Waals surface area contributed by atoms with Crippen LogP contribution in [0.4, 0.5) is 0 Å². The van der Waals surface area contributed by atoms with E-state index in [1.807, 2.05) is 0 Å². The van der Waals surface area contributed by atoms with Crippen LogP contribution >= 0.6 is 0 Å². The molecule has 1 aliphatic rings. The van der Waals surface area contributed by atoms with Gasteiger partial charge in [0.2, 0.25) is 5.91 Å². The maximum atomic E-state index is 11.8. The van der Waals surface area contributed by atoms with Crippen molar-refractivity contribution in [2.24, 2.45) is 0 Å². The van der Waals surface area contributed by atoms with Gasteiger partial charge in [-0.2, -0.15) is 0 Å². The average molecular weight is 229 g/mol. The molecule has 0 bridgehead atoms. The second kappa shape index (κ2) is 4.82. The number of carboxylic acid groups (broad SMARTS) is 1. The highest BCUT2D eigenvalue weighted by Gasteiger charge is 2.40. The van der Waals surface area contributed by atoms with E-state index in [-0.39, 0.29) is 17.9 Å². The monoisotopic (exact) mass is 229 g/mol. The Hall–Kier alpha value is -1.10. The van der Waals surface area contributed by atoms with Gasteiger partial charge >= 0.3 is 5.97 Å². The predicted molar refractivity (Wildman–Crippen MR) is 58.1 cm³/mol. The average Bonchev–Trinajstić information content (AvgIpc) is 2.20. The van der Waals surface area contributed by atoms with E-state index in [9.17, 15) is 9.59 Å². The Morgan fingerprint density at radius 2 is 2.06 bits per heavy atom. The van der Waals surface area contributed by atoms with Crippen molar-refractivity contribution >= 4 is 11.9 Å². The number of rotatable bonds is 5. The Kier molecular flexibility index (Phi) is 3.91. The Morgan fingerprint density at radius 3 is 2.38 bits per heavy atom. The van der Waals surface area contributed by atoms with Crippen LogP contribution in [-0.4, -0.2) is 47.7 Å². The first kappa shape index (κ1) is 13.0. The molecule has 0 saturated heterocycles. The van der Waals surface area contributed by atoms with E-state index in [4.69, 9.17) is 9.84 Å². The van der Waals surface area contributed by atoms with Crippen molar-refractivity contribution in [3.63, 3.8) is 0 Å². The molecular formula is C11H19NO4. The van der Waals surface area contributed by atoms with Crippen molar-refractivity contribution in [3.05, 3.63) is 0 Å². The Morgan fingerprint density at radius 1 is 1.50 bits per heavy atom. The number of methoxy groups -OCH3 is 1. The molecule has 1 amide bonds. The lowest BCUT2D eigenvalue weighted by Crippen LogP contribution is -2.47. The van der Waals surface area contributed by atoms with Gasteiger partial charge in [0, 0.05) is 14.2 Å². The predicted octanol–water partition coefficient (Wildman–Crippen LogP) is 0.877. The molecule has 5 nitrogen and oxygen atoms in total. The summed E-state index contributed by atoms with van der Waals surface area (Å²) in [4.78, 5) is 23.8. The van der Waals surface area contributed by atoms with E-state index in [2.05, 4.69) is 0 Å². The number of hydrogen-bond acceptors (Lipinski definition) is 3. The standard InChI is InChI=1S/C11H19NO4/c1-8(10(14)15)12(2)9(13)7-11(16-3)5-4-6-11/h8H,4-7H2,1-3H3,(H,14,15). The Balaban J connectivity index is 2.54. The fourth-order valence-corrected chi connectivity index (χ4v) is 1.81. The maximum absolute atomic E-state index is 11.8. The van der Waals surface area contributed by atoms with Crippen LogP contribution in [0.2, 0.25) is 0 Å². The van der Waals surface area contributed by atoms with Gasteiger partial charge in [0.1, 0.15) is 6.04 Å². The molecule has 0 spiro atoms. The number of carbonyl (C=O) groups is 2. The maximum Gasteiger partial charge on any atom is 0.326 e. The molecule has 5 heteroatoms. The largest absolute Gasteiger partial charge is 0.480 e. The molecule has 0 aliphatic heterocycles. The van der Waals surface area contributed by atoms with Gasteiger partial charge < -0.3 is 14.7 Å². The molecule has 0 heterocycles. The highest BCUT2D eigenvalue weighted by molar-refractivity contribution is 5.83. The molecule has 1 unspecified atom stereocenters. The lowest BCUT2D eigenvalue weighted by atomic mass is 9.77. The normalized spacial score (nSPS) is 19.7. The third kappa shape index (κ3) is 2.52. The fourth-order valence-electron chi connectivity index (χ4n) is 1.81. The van der Waals surface area contributed by atoms with Gasteiger partial charge in [0.05, 0.1) is 12.0 Å². The number of hydrogen-bond donors (Lipinski definition) is 1. The number of ether oxygens (including phenoxy) is 1. The molecule has 1 aliphatic carbocycles. The zero-order valence-corrected chi connectivity index (χ0v) is 10.0. The summed E-state index contributed by atoms with van der Waals surface area (Å²) in [6.45, 7) is 1.50. The van der Waals surface area contributed by atoms with Gasteiger partial charge in [0.25, 0.3) is 0 Å². The molecule has 1 atom stereocenters. The van der Waals surface area contributed by atoms with Crippen molar-refractivity contribution in [3.8, 4) is 0 Å². The summed E-state index contributed by atoms with van der Waals surface area (Å²) >= 11 is 0. The van der Waals surface area contributed by atoms with Gasteiger partial charge in [-0.3, -0.25) is 4.79 Å². The first-order chi connectivity index (χ1) is 7.42. The Bertz CT molecular complexity index is 280. The van der Waals surface area contributed by atoms with Crippen molar-refractivity contribution in [1.29, 1.82) is 0 Å². The second-order valence-electron chi connectivity index (χ2n) is 4.44. The van der Waals surface area contributed by atoms with Crippen LogP contribution in [0.1, 0.15) is 32.6 Å². The fraction of sp³-hybridized carbons (Fsp3) is 0.818. The molecule has 0 aromatic carbocycles. The van der Waals surface area contributed by atoms with E-state index in [0.29, 0.717) is 0 Å². The molecule has 1 N–H and O–H groups in total. The van der Waals surface area contributed by atoms with Gasteiger partial charge in [-0.1, -0.05) is 0 Å². The minimum absolute atomic E-state index is 0.170. The molecule has 16 heavy (non-hydrogen) atoms. The third-order valence-corrected chi connectivity index (χ3v) is 3.50. The van der Waals surface area contributed by atoms with Crippen molar-refractivity contribution in [2.75, 3.05) is 14.2 Å². The molecule has 0 aromatic rings. The third-order valence-electron chi connectivity index (χ3n) is 3.50. The van der Waals surface area contributed by atoms with Gasteiger partial charge in [-0.05, 0) is 26.2 Å². The lowest BCUT2D eigenvalue weighted by molar-refractivity contribution is -0.153. The number of amides is 1. The van der Waals surface area contributed by atoms with E-state index in [1.165, 1.54) is 18.9 Å². The van der Waals surface area contributed by atoms with Crippen LogP contribution in [0, 0.1) is 0 Å². The molecular weight excluding hydrogens is 210 g/mol. The second-order valence-corrected chi connectivity index (χ2v) is 4.44. The summed E-state index contributed by atoms with van der Waals surface area (Å²) in [7, 11) is 3.12. The van der Waals surface area contributed by atoms with Gasteiger partial charge in [-0.25, -0.2) is 4.79 Å². The van der Waals surface area contributed by atoms with Crippen LogP contribution in [0.15, 0.2) is 0 Å². The molecule has 0 aromatic heterocycles. The summed E-state index contributed by atoms with van der Waals surface area (Å²) in [5.41, 5.74) is -0.344. The number of carboxylic acids is 1. The smallest absolute Gasteiger partial charge is 0.326 e. The summed E-state index contributed by atoms with van der Waals surface area (Å²) < 4.78 is 5.34. The summed E-state index contributed by atoms with van der Waals surface area (Å²) in [6.07, 6.45) is 3.10. The SMILES string of the molecule is COC1(CC(=O)N(C)C(C)C(=O)O)CCC1. The number of aliphatic carboxylic acids is 1. The van der Waals surface area contributed by atoms with E-state index < -0.39 is 12.0 Å². The van der Waals surface area contributed by atoms with Crippen LogP contribution in [0.5, 0.6) is 0 Å². The van der Waals surface area contributed by atoms with Crippen molar-refractivity contribution in [2.45, 2.75) is 44.2 Å². The Labute approximate surface area is 95.4 Å². The number of carbonyl (C=O) groups excluding carboxylic acids is 1. The first-order valence-electron chi connectivity index (χ1n) is 5.45. The highest BCUT2D eigenvalue weighted by Crippen LogP contribution is 2.38. The minimum atomic E-state index is -0.990. The van der Waals surface area contributed by atoms with E-state index in [1.54, 1.807) is 7.11 Å². The van der Waals surface area contributed by atoms with Crippen LogP contribution in [-0.2, 0) is 14.3 Å². The zero-order valence-electron chi connectivity index (χ0n) is 10.0. The quantitative estimate of drug-likeness (QED) is 0.759. The summed E-state index contributed by atoms with van der Waals surface area (Å²) in [5.74, 6) is -1.16. The van der Waals surface area contributed by atoms with E-state index in [0.717, 1.165) is 19.3 Å². The van der Waals surface area contributed by atoms with Crippen LogP contribution in [0.3, 0.4) is 0 Å². The van der Waals surface area contributed by atoms with Gasteiger partial charge in [-0.15, -0.1) is 0 Å². The number of nitrogens with zero attached hydrogens (tertiary/aromatic N) is 1. The van der Waals surface area contributed by atoms with Crippen molar-refractivity contribution < 1.29 is 19.4 Å². The number of likely N-dealkylation sites (N-methyl/N-ethyl adjacent to an activating group) is 1. The molecule has 92 valence electrons. The minimum Gasteiger partial charge on any atom is -0.480 e. The van der Waals surface area contributed by atoms with Crippen molar-refractivity contribution in [1.82, 2.24) is 4.90 Å². The molecule has 1 saturated carbocycles. The molecule has 1 fully saturated rings. The van der Waals surface area contributed by atoms with Crippen LogP contribution in [0.25, 0.3) is 0 Å². The van der Waals surface area contributed by atoms with Crippen LogP contribution < -0.4 is 0 Å². The first-order valence-corrected chi connectivity index (χ1v) is 5.45. The molecule has 1 rings (SSSR count). The topological polar surface area (TPSA) is 66.8 Å². The zero-order chi connectivity index (χ0) is 12.3. The van der Waals surface area contributed by atoms with Gasteiger partial charge in [0.15, 0.2) is 0 Å². The lowest BCUT2D eigenvalue weighted by Gasteiger charge is -2.41. The molecule has 0 radical (unpaired) electrons. The highest BCUT2D eigenvalue weighted by atomic mass is 16.5.